The number of nitrogens with one attached hydrogen (secondary N) is 1. The first kappa shape index (κ1) is 16.6. The van der Waals surface area contributed by atoms with E-state index in [4.69, 9.17) is 9.15 Å². The maximum atomic E-state index is 12.6. The lowest BCUT2D eigenvalue weighted by molar-refractivity contribution is 0.0600. The van der Waals surface area contributed by atoms with E-state index in [0.717, 1.165) is 10.9 Å². The summed E-state index contributed by atoms with van der Waals surface area (Å²) in [6.45, 7) is 1.81. The molecule has 0 saturated heterocycles. The Kier molecular flexibility index (Phi) is 4.43. The van der Waals surface area contributed by atoms with Crippen LogP contribution in [-0.2, 0) is 4.74 Å². The quantitative estimate of drug-likeness (QED) is 0.732. The third-order valence-electron chi connectivity index (χ3n) is 3.89. The fourth-order valence-corrected chi connectivity index (χ4v) is 2.57. The minimum atomic E-state index is -0.469. The van der Waals surface area contributed by atoms with Crippen molar-refractivity contribution in [2.75, 3.05) is 19.5 Å². The lowest BCUT2D eigenvalue weighted by Crippen LogP contribution is -2.12. The molecule has 0 unspecified atom stereocenters. The second-order valence-electron chi connectivity index (χ2n) is 5.44. The number of amides is 1. The average Bonchev–Trinajstić information content (AvgIpc) is 2.97. The number of carbonyl (C=O) groups is 2. The third-order valence-corrected chi connectivity index (χ3v) is 3.89. The highest BCUT2D eigenvalue weighted by molar-refractivity contribution is 6.07. The molecule has 6 heteroatoms. The van der Waals surface area contributed by atoms with E-state index in [2.05, 4.69) is 10.1 Å². The van der Waals surface area contributed by atoms with Crippen molar-refractivity contribution >= 4 is 28.5 Å². The molecule has 0 bridgehead atoms. The summed E-state index contributed by atoms with van der Waals surface area (Å²) < 4.78 is 15.6. The monoisotopic (exact) mass is 339 g/mol. The first-order valence-corrected chi connectivity index (χ1v) is 7.60. The van der Waals surface area contributed by atoms with Crippen LogP contribution in [0.2, 0.25) is 0 Å². The number of rotatable bonds is 4. The number of ether oxygens (including phenoxy) is 2. The van der Waals surface area contributed by atoms with Gasteiger partial charge in [0.25, 0.3) is 5.91 Å². The van der Waals surface area contributed by atoms with Gasteiger partial charge in [-0.2, -0.15) is 0 Å². The highest BCUT2D eigenvalue weighted by Crippen LogP contribution is 2.29. The molecular weight excluding hydrogens is 322 g/mol. The van der Waals surface area contributed by atoms with Crippen LogP contribution in [0.5, 0.6) is 5.75 Å². The van der Waals surface area contributed by atoms with Crippen LogP contribution in [0.25, 0.3) is 11.0 Å². The number of fused-ring (bicyclic) bond motifs is 1. The van der Waals surface area contributed by atoms with Gasteiger partial charge in [-0.15, -0.1) is 0 Å². The normalized spacial score (nSPS) is 10.5. The number of benzene rings is 2. The Labute approximate surface area is 144 Å². The summed E-state index contributed by atoms with van der Waals surface area (Å²) in [7, 11) is 2.89. The standard InChI is InChI=1S/C19H17NO5/c1-11-15-10-14(23-2)7-8-16(15)25-17(11)18(21)20-13-6-4-5-12(9-13)19(22)24-3/h4-10H,1-3H3,(H,20,21). The predicted molar refractivity (Wildman–Crippen MR) is 93.2 cm³/mol. The molecule has 3 rings (SSSR count). The number of aryl methyl sites for hydroxylation is 1. The smallest absolute Gasteiger partial charge is 0.337 e. The Morgan fingerprint density at radius 1 is 1.08 bits per heavy atom. The van der Waals surface area contributed by atoms with Gasteiger partial charge in [-0.1, -0.05) is 6.07 Å². The molecule has 0 fully saturated rings. The number of hydrogen-bond donors (Lipinski definition) is 1. The van der Waals surface area contributed by atoms with Crippen LogP contribution in [0, 0.1) is 6.92 Å². The van der Waals surface area contributed by atoms with Crippen molar-refractivity contribution in [3.8, 4) is 5.75 Å². The summed E-state index contributed by atoms with van der Waals surface area (Å²) in [5.41, 5.74) is 2.15. The van der Waals surface area contributed by atoms with Crippen molar-refractivity contribution in [2.45, 2.75) is 6.92 Å². The SMILES string of the molecule is COC(=O)c1cccc(NC(=O)c2oc3ccc(OC)cc3c2C)c1. The van der Waals surface area contributed by atoms with Crippen LogP contribution in [-0.4, -0.2) is 26.1 Å². The topological polar surface area (TPSA) is 77.8 Å². The summed E-state index contributed by atoms with van der Waals surface area (Å²) in [5, 5.41) is 3.55. The largest absolute Gasteiger partial charge is 0.497 e. The van der Waals surface area contributed by atoms with Gasteiger partial charge in [-0.25, -0.2) is 4.79 Å². The van der Waals surface area contributed by atoms with Gasteiger partial charge >= 0.3 is 5.97 Å². The second kappa shape index (κ2) is 6.68. The molecule has 128 valence electrons. The van der Waals surface area contributed by atoms with Crippen molar-refractivity contribution in [3.63, 3.8) is 0 Å². The number of methoxy groups -OCH3 is 2. The summed E-state index contributed by atoms with van der Waals surface area (Å²) in [5.74, 6) is 0.0404. The van der Waals surface area contributed by atoms with E-state index < -0.39 is 11.9 Å². The maximum Gasteiger partial charge on any atom is 0.337 e. The molecule has 2 aromatic carbocycles. The zero-order valence-electron chi connectivity index (χ0n) is 14.1. The Morgan fingerprint density at radius 2 is 1.88 bits per heavy atom. The van der Waals surface area contributed by atoms with Crippen molar-refractivity contribution in [1.29, 1.82) is 0 Å². The summed E-state index contributed by atoms with van der Waals surface area (Å²) in [6, 6.07) is 11.9. The lowest BCUT2D eigenvalue weighted by Gasteiger charge is -2.05. The fraction of sp³-hybridized carbons (Fsp3) is 0.158. The number of carbonyl (C=O) groups excluding carboxylic acids is 2. The zero-order chi connectivity index (χ0) is 18.0. The van der Waals surface area contributed by atoms with Crippen LogP contribution in [0.3, 0.4) is 0 Å². The molecule has 0 saturated carbocycles. The molecule has 0 atom stereocenters. The van der Waals surface area contributed by atoms with E-state index in [1.54, 1.807) is 43.5 Å². The molecule has 0 radical (unpaired) electrons. The highest BCUT2D eigenvalue weighted by Gasteiger charge is 2.18. The molecule has 0 aliphatic rings. The lowest BCUT2D eigenvalue weighted by atomic mass is 10.1. The van der Waals surface area contributed by atoms with E-state index in [1.165, 1.54) is 7.11 Å². The molecule has 1 N–H and O–H groups in total. The number of hydrogen-bond acceptors (Lipinski definition) is 5. The molecule has 0 aliphatic heterocycles. The van der Waals surface area contributed by atoms with E-state index >= 15 is 0 Å². The van der Waals surface area contributed by atoms with Gasteiger partial charge < -0.3 is 19.2 Å². The molecule has 1 heterocycles. The van der Waals surface area contributed by atoms with Crippen molar-refractivity contribution in [2.24, 2.45) is 0 Å². The van der Waals surface area contributed by atoms with Crippen LogP contribution >= 0.6 is 0 Å². The van der Waals surface area contributed by atoms with Crippen LogP contribution in [0.15, 0.2) is 46.9 Å². The van der Waals surface area contributed by atoms with E-state index in [9.17, 15) is 9.59 Å². The molecule has 1 aromatic heterocycles. The number of furan rings is 1. The van der Waals surface area contributed by atoms with Crippen LogP contribution < -0.4 is 10.1 Å². The van der Waals surface area contributed by atoms with Crippen LogP contribution in [0.4, 0.5) is 5.69 Å². The molecule has 3 aromatic rings. The van der Waals surface area contributed by atoms with Gasteiger partial charge in [-0.3, -0.25) is 4.79 Å². The summed E-state index contributed by atoms with van der Waals surface area (Å²) in [6.07, 6.45) is 0. The predicted octanol–water partition coefficient (Wildman–Crippen LogP) is 3.79. The minimum Gasteiger partial charge on any atom is -0.497 e. The van der Waals surface area contributed by atoms with E-state index in [0.29, 0.717) is 22.6 Å². The highest BCUT2D eigenvalue weighted by atomic mass is 16.5. The first-order chi connectivity index (χ1) is 12.0. The maximum absolute atomic E-state index is 12.6. The molecule has 1 amide bonds. The molecule has 25 heavy (non-hydrogen) atoms. The van der Waals surface area contributed by atoms with Gasteiger partial charge in [-0.05, 0) is 43.3 Å². The third kappa shape index (κ3) is 3.19. The summed E-state index contributed by atoms with van der Waals surface area (Å²) >= 11 is 0. The van der Waals surface area contributed by atoms with Gasteiger partial charge in [0, 0.05) is 16.6 Å². The number of esters is 1. The van der Waals surface area contributed by atoms with Crippen molar-refractivity contribution in [1.82, 2.24) is 0 Å². The van der Waals surface area contributed by atoms with Crippen LogP contribution in [0.1, 0.15) is 26.5 Å². The van der Waals surface area contributed by atoms with Gasteiger partial charge in [0.05, 0.1) is 19.8 Å². The Morgan fingerprint density at radius 3 is 2.60 bits per heavy atom. The Balaban J connectivity index is 1.90. The van der Waals surface area contributed by atoms with Gasteiger partial charge in [0.15, 0.2) is 5.76 Å². The van der Waals surface area contributed by atoms with E-state index in [1.807, 2.05) is 13.0 Å². The molecule has 6 nitrogen and oxygen atoms in total. The van der Waals surface area contributed by atoms with Crippen molar-refractivity contribution in [3.05, 3.63) is 59.4 Å². The molecule has 0 spiro atoms. The van der Waals surface area contributed by atoms with Gasteiger partial charge in [0.2, 0.25) is 0 Å². The molecule has 0 aliphatic carbocycles. The molecular formula is C19H17NO5. The second-order valence-corrected chi connectivity index (χ2v) is 5.44. The average molecular weight is 339 g/mol. The number of anilines is 1. The summed E-state index contributed by atoms with van der Waals surface area (Å²) in [4.78, 5) is 24.1. The fourth-order valence-electron chi connectivity index (χ4n) is 2.57. The zero-order valence-corrected chi connectivity index (χ0v) is 14.1. The van der Waals surface area contributed by atoms with Crippen molar-refractivity contribution < 1.29 is 23.5 Å². The van der Waals surface area contributed by atoms with E-state index in [-0.39, 0.29) is 5.76 Å². The Hall–Kier alpha value is -3.28. The Bertz CT molecular complexity index is 958. The van der Waals surface area contributed by atoms with Gasteiger partial charge in [0.1, 0.15) is 11.3 Å². The minimum absolute atomic E-state index is 0.215. The first-order valence-electron chi connectivity index (χ1n) is 7.60.